The molecule has 1 fully saturated rings. The van der Waals surface area contributed by atoms with E-state index >= 15 is 0 Å². The topological polar surface area (TPSA) is 40.6 Å². The number of benzene rings is 3. The molecule has 0 aliphatic carbocycles. The van der Waals surface area contributed by atoms with Gasteiger partial charge in [-0.2, -0.15) is 0 Å². The fourth-order valence-electron chi connectivity index (χ4n) is 4.27. The summed E-state index contributed by atoms with van der Waals surface area (Å²) in [6.07, 6.45) is 0. The molecular formula is C24H18ClFN2O2S. The van der Waals surface area contributed by atoms with Gasteiger partial charge in [-0.25, -0.2) is 4.39 Å². The van der Waals surface area contributed by atoms with Crippen molar-refractivity contribution in [3.05, 3.63) is 100 Å². The van der Waals surface area contributed by atoms with Gasteiger partial charge in [0.25, 0.3) is 11.8 Å². The van der Waals surface area contributed by atoms with Gasteiger partial charge in [-0.05, 0) is 42.0 Å². The van der Waals surface area contributed by atoms with Gasteiger partial charge in [0, 0.05) is 28.4 Å². The van der Waals surface area contributed by atoms with Crippen LogP contribution in [0.25, 0.3) is 0 Å². The maximum Gasteiger partial charge on any atom is 0.268 e. The summed E-state index contributed by atoms with van der Waals surface area (Å²) in [5, 5.41) is 0.590. The van der Waals surface area contributed by atoms with Gasteiger partial charge in [0.05, 0.1) is 12.2 Å². The highest BCUT2D eigenvalue weighted by molar-refractivity contribution is 8.01. The van der Waals surface area contributed by atoms with Crippen LogP contribution in [0.4, 0.5) is 10.1 Å². The van der Waals surface area contributed by atoms with Gasteiger partial charge in [-0.3, -0.25) is 9.59 Å². The highest BCUT2D eigenvalue weighted by Crippen LogP contribution is 2.54. The number of thioether (sulfide) groups is 1. The van der Waals surface area contributed by atoms with E-state index in [1.165, 1.54) is 36.0 Å². The summed E-state index contributed by atoms with van der Waals surface area (Å²) in [6.45, 7) is 0.747. The van der Waals surface area contributed by atoms with Crippen molar-refractivity contribution < 1.29 is 14.0 Å². The third kappa shape index (κ3) is 3.13. The lowest BCUT2D eigenvalue weighted by atomic mass is 10.0. The minimum atomic E-state index is -1.14. The molecule has 2 aliphatic rings. The molecule has 5 rings (SSSR count). The third-order valence-corrected chi connectivity index (χ3v) is 7.51. The monoisotopic (exact) mass is 452 g/mol. The molecule has 1 spiro atoms. The van der Waals surface area contributed by atoms with Crippen molar-refractivity contribution in [3.8, 4) is 0 Å². The minimum Gasteiger partial charge on any atom is -0.311 e. The van der Waals surface area contributed by atoms with Crippen LogP contribution in [0.5, 0.6) is 0 Å². The molecule has 2 amide bonds. The highest BCUT2D eigenvalue weighted by Gasteiger charge is 2.59. The average molecular weight is 453 g/mol. The van der Waals surface area contributed by atoms with E-state index in [1.807, 2.05) is 42.5 Å². The molecule has 0 bridgehead atoms. The Morgan fingerprint density at radius 2 is 1.74 bits per heavy atom. The Labute approximate surface area is 188 Å². The first kappa shape index (κ1) is 20.1. The summed E-state index contributed by atoms with van der Waals surface area (Å²) in [4.78, 5) is 29.5. The van der Waals surface area contributed by atoms with E-state index in [-0.39, 0.29) is 11.8 Å². The smallest absolute Gasteiger partial charge is 0.268 e. The molecule has 3 aromatic rings. The van der Waals surface area contributed by atoms with Gasteiger partial charge in [0.2, 0.25) is 0 Å². The van der Waals surface area contributed by atoms with Crippen LogP contribution in [-0.2, 0) is 16.2 Å². The lowest BCUT2D eigenvalue weighted by molar-refractivity contribution is -0.123. The zero-order valence-corrected chi connectivity index (χ0v) is 18.0. The molecule has 0 unspecified atom stereocenters. The van der Waals surface area contributed by atoms with Crippen molar-refractivity contribution >= 4 is 40.9 Å². The van der Waals surface area contributed by atoms with Gasteiger partial charge in [-0.15, -0.1) is 11.8 Å². The van der Waals surface area contributed by atoms with Crippen LogP contribution in [-0.4, -0.2) is 29.0 Å². The molecular weight excluding hydrogens is 435 g/mol. The Morgan fingerprint density at radius 1 is 1.03 bits per heavy atom. The molecule has 7 heteroatoms. The fourth-order valence-corrected chi connectivity index (χ4v) is 5.93. The van der Waals surface area contributed by atoms with Crippen molar-refractivity contribution in [2.45, 2.75) is 11.4 Å². The van der Waals surface area contributed by atoms with Crippen molar-refractivity contribution in [2.75, 3.05) is 17.2 Å². The molecule has 31 heavy (non-hydrogen) atoms. The summed E-state index contributed by atoms with van der Waals surface area (Å²) in [6, 6.07) is 20.4. The zero-order valence-electron chi connectivity index (χ0n) is 16.4. The Kier molecular flexibility index (Phi) is 4.99. The van der Waals surface area contributed by atoms with E-state index in [1.54, 1.807) is 15.9 Å². The maximum absolute atomic E-state index is 13.9. The Morgan fingerprint density at radius 3 is 2.52 bits per heavy atom. The number of nitrogens with zero attached hydrogens (tertiary/aromatic N) is 2. The van der Waals surface area contributed by atoms with E-state index in [4.69, 9.17) is 11.6 Å². The lowest BCUT2D eigenvalue weighted by Gasteiger charge is -2.33. The van der Waals surface area contributed by atoms with Crippen LogP contribution in [0.2, 0.25) is 5.02 Å². The van der Waals surface area contributed by atoms with Crippen LogP contribution in [0.1, 0.15) is 21.5 Å². The first-order chi connectivity index (χ1) is 15.0. The first-order valence-corrected chi connectivity index (χ1v) is 11.2. The predicted octanol–water partition coefficient (Wildman–Crippen LogP) is 5.07. The maximum atomic E-state index is 13.9. The Bertz CT molecular complexity index is 1190. The van der Waals surface area contributed by atoms with Crippen molar-refractivity contribution in [3.63, 3.8) is 0 Å². The van der Waals surface area contributed by atoms with Gasteiger partial charge in [0.1, 0.15) is 5.82 Å². The van der Waals surface area contributed by atoms with Crippen LogP contribution in [0.15, 0.2) is 72.8 Å². The highest BCUT2D eigenvalue weighted by atomic mass is 35.5. The average Bonchev–Trinajstić information content (AvgIpc) is 3.32. The van der Waals surface area contributed by atoms with Crippen molar-refractivity contribution in [2.24, 2.45) is 0 Å². The summed E-state index contributed by atoms with van der Waals surface area (Å²) in [7, 11) is 0. The SMILES string of the molecule is O=C(c1ccc(F)cc1)N1CCS[C@]12C(=O)N(Cc1ccccc1Cl)c1ccccc12. The van der Waals surface area contributed by atoms with Gasteiger partial charge < -0.3 is 9.80 Å². The van der Waals surface area contributed by atoms with Gasteiger partial charge in [0.15, 0.2) is 4.87 Å². The molecule has 4 nitrogen and oxygen atoms in total. The van der Waals surface area contributed by atoms with Crippen LogP contribution in [0, 0.1) is 5.82 Å². The molecule has 0 N–H and O–H groups in total. The third-order valence-electron chi connectivity index (χ3n) is 5.72. The molecule has 1 saturated heterocycles. The number of anilines is 1. The quantitative estimate of drug-likeness (QED) is 0.557. The number of hydrogen-bond acceptors (Lipinski definition) is 3. The number of rotatable bonds is 3. The largest absolute Gasteiger partial charge is 0.311 e. The number of carbonyl (C=O) groups is 2. The molecule has 0 saturated carbocycles. The second-order valence-corrected chi connectivity index (χ2v) is 9.15. The van der Waals surface area contributed by atoms with Crippen molar-refractivity contribution in [1.29, 1.82) is 0 Å². The Hall–Kier alpha value is -2.83. The van der Waals surface area contributed by atoms with Crippen molar-refractivity contribution in [1.82, 2.24) is 4.90 Å². The first-order valence-electron chi connectivity index (χ1n) is 9.89. The summed E-state index contributed by atoms with van der Waals surface area (Å²) >= 11 is 7.82. The molecule has 3 aromatic carbocycles. The zero-order chi connectivity index (χ0) is 21.6. The molecule has 156 valence electrons. The number of hydrogen-bond donors (Lipinski definition) is 0. The fraction of sp³-hybridized carbons (Fsp3) is 0.167. The summed E-state index contributed by atoms with van der Waals surface area (Å²) in [5.41, 5.74) is 2.77. The second-order valence-electron chi connectivity index (χ2n) is 7.46. The number of amides is 2. The van der Waals surface area contributed by atoms with Gasteiger partial charge in [-0.1, -0.05) is 48.0 Å². The second kappa shape index (κ2) is 7.70. The molecule has 2 heterocycles. The normalized spacial score (nSPS) is 19.9. The summed E-state index contributed by atoms with van der Waals surface area (Å²) < 4.78 is 13.4. The van der Waals surface area contributed by atoms with E-state index in [9.17, 15) is 14.0 Å². The predicted molar refractivity (Wildman–Crippen MR) is 121 cm³/mol. The standard InChI is InChI=1S/C24H18ClFN2O2S/c25-20-7-3-1-5-17(20)15-27-21-8-4-2-6-19(21)24(23(27)30)28(13-14-31-24)22(29)16-9-11-18(26)12-10-16/h1-12H,13-15H2/t24-/m1/s1. The number of para-hydroxylation sites is 1. The molecule has 0 radical (unpaired) electrons. The van der Waals surface area contributed by atoms with E-state index in [0.717, 1.165) is 16.8 Å². The number of fused-ring (bicyclic) bond motifs is 2. The summed E-state index contributed by atoms with van der Waals surface area (Å²) in [5.74, 6) is -0.220. The lowest BCUT2D eigenvalue weighted by Crippen LogP contribution is -2.50. The van der Waals surface area contributed by atoms with Crippen LogP contribution < -0.4 is 4.90 Å². The number of halogens is 2. The van der Waals surface area contributed by atoms with Gasteiger partial charge >= 0.3 is 0 Å². The molecule has 2 aliphatic heterocycles. The molecule has 0 aromatic heterocycles. The van der Waals surface area contributed by atoms with E-state index in [0.29, 0.717) is 29.4 Å². The van der Waals surface area contributed by atoms with Crippen LogP contribution in [0.3, 0.4) is 0 Å². The molecule has 1 atom stereocenters. The van der Waals surface area contributed by atoms with E-state index in [2.05, 4.69) is 0 Å². The van der Waals surface area contributed by atoms with E-state index < -0.39 is 10.7 Å². The minimum absolute atomic E-state index is 0.161. The number of carbonyl (C=O) groups excluding carboxylic acids is 2. The van der Waals surface area contributed by atoms with Crippen LogP contribution >= 0.6 is 23.4 Å². The Balaban J connectivity index is 1.58.